The van der Waals surface area contributed by atoms with Gasteiger partial charge in [0, 0.05) is 18.7 Å². The Morgan fingerprint density at radius 1 is 1.32 bits per heavy atom. The summed E-state index contributed by atoms with van der Waals surface area (Å²) in [6.45, 7) is 2.16. The van der Waals surface area contributed by atoms with Crippen molar-refractivity contribution in [1.82, 2.24) is 14.8 Å². The maximum Gasteiger partial charge on any atom is 0.274 e. The lowest BCUT2D eigenvalue weighted by atomic mass is 10.2. The molecule has 0 radical (unpaired) electrons. The number of nitrogens with zero attached hydrogens (tertiary/aromatic N) is 3. The molecular formula is C17H13FN4O2S. The number of carbonyl (C=O) groups excluding carboxylic acids is 1. The normalized spacial score (nSPS) is 11.1. The number of aromatic nitrogens is 3. The molecule has 4 rings (SSSR count). The summed E-state index contributed by atoms with van der Waals surface area (Å²) in [7, 11) is 0. The van der Waals surface area contributed by atoms with Gasteiger partial charge in [-0.3, -0.25) is 10.1 Å². The van der Waals surface area contributed by atoms with E-state index < -0.39 is 0 Å². The zero-order valence-electron chi connectivity index (χ0n) is 13.2. The van der Waals surface area contributed by atoms with Gasteiger partial charge in [-0.2, -0.15) is 0 Å². The summed E-state index contributed by atoms with van der Waals surface area (Å²) in [4.78, 5) is 12.7. The van der Waals surface area contributed by atoms with Crippen molar-refractivity contribution in [2.24, 2.45) is 0 Å². The predicted molar refractivity (Wildman–Crippen MR) is 92.3 cm³/mol. The molecule has 0 spiro atoms. The highest BCUT2D eigenvalue weighted by atomic mass is 32.1. The van der Waals surface area contributed by atoms with Gasteiger partial charge in [-0.15, -0.1) is 10.2 Å². The minimum Gasteiger partial charge on any atom is -0.463 e. The average molecular weight is 356 g/mol. The van der Waals surface area contributed by atoms with Gasteiger partial charge in [0.2, 0.25) is 5.13 Å². The maximum absolute atomic E-state index is 13.5. The summed E-state index contributed by atoms with van der Waals surface area (Å²) in [5, 5.41) is 11.7. The molecule has 0 fully saturated rings. The molecule has 0 atom stereocenters. The first-order valence-corrected chi connectivity index (χ1v) is 8.34. The number of hydrogen-bond acceptors (Lipinski definition) is 5. The van der Waals surface area contributed by atoms with Gasteiger partial charge in [-0.05, 0) is 24.6 Å². The van der Waals surface area contributed by atoms with Crippen molar-refractivity contribution in [3.8, 4) is 0 Å². The number of aryl methyl sites for hydroxylation is 1. The molecule has 1 N–H and O–H groups in total. The standard InChI is InChI=1S/C17H13FN4O2S/c1-10-20-21-17(25-10)19-16(23)14-8-15-13(5-6-24-15)22(14)9-11-3-2-4-12(18)7-11/h2-8H,9H2,1H3,(H,19,21,23). The molecule has 25 heavy (non-hydrogen) atoms. The Balaban J connectivity index is 1.70. The van der Waals surface area contributed by atoms with Crippen molar-refractivity contribution in [3.05, 3.63) is 64.7 Å². The van der Waals surface area contributed by atoms with Gasteiger partial charge in [0.1, 0.15) is 16.5 Å². The molecule has 0 unspecified atom stereocenters. The van der Waals surface area contributed by atoms with Gasteiger partial charge in [-0.1, -0.05) is 23.5 Å². The number of carbonyl (C=O) groups is 1. The van der Waals surface area contributed by atoms with E-state index in [4.69, 9.17) is 4.42 Å². The van der Waals surface area contributed by atoms with Crippen LogP contribution in [0.2, 0.25) is 0 Å². The van der Waals surface area contributed by atoms with E-state index in [1.807, 2.05) is 13.0 Å². The van der Waals surface area contributed by atoms with Crippen molar-refractivity contribution in [2.45, 2.75) is 13.5 Å². The van der Waals surface area contributed by atoms with Gasteiger partial charge < -0.3 is 8.98 Å². The molecule has 0 aliphatic carbocycles. The third-order valence-corrected chi connectivity index (χ3v) is 4.49. The largest absolute Gasteiger partial charge is 0.463 e. The molecule has 1 aromatic carbocycles. The molecule has 8 heteroatoms. The van der Waals surface area contributed by atoms with Gasteiger partial charge in [-0.25, -0.2) is 4.39 Å². The van der Waals surface area contributed by atoms with Crippen LogP contribution in [0, 0.1) is 12.7 Å². The fraction of sp³-hybridized carbons (Fsp3) is 0.118. The highest BCUT2D eigenvalue weighted by Crippen LogP contribution is 2.24. The van der Waals surface area contributed by atoms with Crippen LogP contribution in [0.25, 0.3) is 11.1 Å². The van der Waals surface area contributed by atoms with E-state index >= 15 is 0 Å². The number of anilines is 1. The Hall–Kier alpha value is -3.00. The first kappa shape index (κ1) is 15.5. The van der Waals surface area contributed by atoms with Crippen molar-refractivity contribution < 1.29 is 13.6 Å². The van der Waals surface area contributed by atoms with Gasteiger partial charge >= 0.3 is 0 Å². The van der Waals surface area contributed by atoms with E-state index in [2.05, 4.69) is 15.5 Å². The van der Waals surface area contributed by atoms with E-state index in [0.717, 1.165) is 16.1 Å². The zero-order chi connectivity index (χ0) is 17.4. The average Bonchev–Trinajstić information content (AvgIpc) is 3.25. The van der Waals surface area contributed by atoms with E-state index in [1.54, 1.807) is 29.0 Å². The second-order valence-electron chi connectivity index (χ2n) is 5.50. The Kier molecular flexibility index (Phi) is 3.81. The van der Waals surface area contributed by atoms with Crippen molar-refractivity contribution >= 4 is 33.5 Å². The molecule has 0 saturated heterocycles. The van der Waals surface area contributed by atoms with Gasteiger partial charge in [0.05, 0.1) is 11.8 Å². The fourth-order valence-corrected chi connectivity index (χ4v) is 3.25. The Morgan fingerprint density at radius 3 is 2.96 bits per heavy atom. The highest BCUT2D eigenvalue weighted by molar-refractivity contribution is 7.15. The number of fused-ring (bicyclic) bond motifs is 1. The monoisotopic (exact) mass is 356 g/mol. The van der Waals surface area contributed by atoms with E-state index in [-0.39, 0.29) is 11.7 Å². The fourth-order valence-electron chi connectivity index (χ4n) is 2.66. The lowest BCUT2D eigenvalue weighted by molar-refractivity contribution is 0.101. The van der Waals surface area contributed by atoms with E-state index in [1.165, 1.54) is 23.5 Å². The van der Waals surface area contributed by atoms with Crippen LogP contribution < -0.4 is 5.32 Å². The molecule has 0 aliphatic heterocycles. The van der Waals surface area contributed by atoms with E-state index in [9.17, 15) is 9.18 Å². The maximum atomic E-state index is 13.5. The lowest BCUT2D eigenvalue weighted by Gasteiger charge is -2.09. The predicted octanol–water partition coefficient (Wildman–Crippen LogP) is 3.83. The van der Waals surface area contributed by atoms with Crippen LogP contribution in [0.5, 0.6) is 0 Å². The summed E-state index contributed by atoms with van der Waals surface area (Å²) in [5.41, 5.74) is 2.52. The first-order chi connectivity index (χ1) is 12.1. The molecule has 3 aromatic heterocycles. The molecule has 0 bridgehead atoms. The molecule has 1 amide bonds. The van der Waals surface area contributed by atoms with Gasteiger partial charge in [0.25, 0.3) is 5.91 Å². The molecule has 6 nitrogen and oxygen atoms in total. The molecule has 0 aliphatic rings. The number of halogens is 1. The number of hydrogen-bond donors (Lipinski definition) is 1. The van der Waals surface area contributed by atoms with Crippen molar-refractivity contribution in [2.75, 3.05) is 5.32 Å². The van der Waals surface area contributed by atoms with Crippen LogP contribution in [-0.4, -0.2) is 20.7 Å². The molecule has 126 valence electrons. The number of amides is 1. The third-order valence-electron chi connectivity index (χ3n) is 3.73. The second-order valence-corrected chi connectivity index (χ2v) is 6.68. The molecule has 0 saturated carbocycles. The Morgan fingerprint density at radius 2 is 2.20 bits per heavy atom. The van der Waals surface area contributed by atoms with Crippen molar-refractivity contribution in [3.63, 3.8) is 0 Å². The summed E-state index contributed by atoms with van der Waals surface area (Å²) in [5.74, 6) is -0.637. The summed E-state index contributed by atoms with van der Waals surface area (Å²) in [6.07, 6.45) is 1.56. The van der Waals surface area contributed by atoms with Crippen LogP contribution in [0.3, 0.4) is 0 Å². The topological polar surface area (TPSA) is 73.0 Å². The smallest absolute Gasteiger partial charge is 0.274 e. The lowest BCUT2D eigenvalue weighted by Crippen LogP contribution is -2.17. The summed E-state index contributed by atoms with van der Waals surface area (Å²) >= 11 is 1.30. The minimum atomic E-state index is -0.320. The zero-order valence-corrected chi connectivity index (χ0v) is 14.0. The quantitative estimate of drug-likeness (QED) is 0.603. The summed E-state index contributed by atoms with van der Waals surface area (Å²) in [6, 6.07) is 9.73. The highest BCUT2D eigenvalue weighted by Gasteiger charge is 2.19. The third kappa shape index (κ3) is 3.03. The summed E-state index contributed by atoms with van der Waals surface area (Å²) < 4.78 is 20.7. The second kappa shape index (κ2) is 6.14. The number of rotatable bonds is 4. The van der Waals surface area contributed by atoms with Crippen molar-refractivity contribution in [1.29, 1.82) is 0 Å². The number of nitrogens with one attached hydrogen (secondary N) is 1. The van der Waals surface area contributed by atoms with Crippen LogP contribution in [-0.2, 0) is 6.54 Å². The molecule has 3 heterocycles. The van der Waals surface area contributed by atoms with Gasteiger partial charge in [0.15, 0.2) is 5.58 Å². The first-order valence-electron chi connectivity index (χ1n) is 7.53. The van der Waals surface area contributed by atoms with Crippen LogP contribution in [0.15, 0.2) is 47.1 Å². The van der Waals surface area contributed by atoms with Crippen LogP contribution in [0.4, 0.5) is 9.52 Å². The molecular weight excluding hydrogens is 343 g/mol. The minimum absolute atomic E-state index is 0.316. The Labute approximate surface area is 145 Å². The Bertz CT molecular complexity index is 1070. The van der Waals surface area contributed by atoms with Crippen LogP contribution >= 0.6 is 11.3 Å². The molecule has 4 aromatic rings. The SMILES string of the molecule is Cc1nnc(NC(=O)c2cc3occc3n2Cc2cccc(F)c2)s1. The van der Waals surface area contributed by atoms with E-state index in [0.29, 0.717) is 23.0 Å². The number of benzene rings is 1. The van der Waals surface area contributed by atoms with Crippen LogP contribution in [0.1, 0.15) is 21.1 Å². The number of furan rings is 1.